The summed E-state index contributed by atoms with van der Waals surface area (Å²) in [7, 11) is 0. The van der Waals surface area contributed by atoms with Gasteiger partial charge in [-0.15, -0.1) is 0 Å². The van der Waals surface area contributed by atoms with Crippen molar-refractivity contribution < 1.29 is 14.2 Å². The zero-order chi connectivity index (χ0) is 15.2. The largest absolute Gasteiger partial charge is 0.384 e. The Kier molecular flexibility index (Phi) is 5.75. The second-order valence-corrected chi connectivity index (χ2v) is 5.40. The number of halogens is 1. The Labute approximate surface area is 125 Å². The quantitative estimate of drug-likeness (QED) is 0.866. The molecule has 1 aromatic carbocycles. The van der Waals surface area contributed by atoms with E-state index in [4.69, 9.17) is 9.84 Å². The molecule has 0 spiro atoms. The van der Waals surface area contributed by atoms with Crippen LogP contribution in [-0.4, -0.2) is 41.9 Å². The van der Waals surface area contributed by atoms with Crippen LogP contribution in [0.25, 0.3) is 0 Å². The molecule has 1 saturated heterocycles. The molecule has 4 heteroatoms. The van der Waals surface area contributed by atoms with Crippen LogP contribution in [0.2, 0.25) is 0 Å². The highest BCUT2D eigenvalue weighted by atomic mass is 19.1. The van der Waals surface area contributed by atoms with Crippen molar-refractivity contribution in [1.29, 1.82) is 0 Å². The molecule has 2 atom stereocenters. The first-order valence-corrected chi connectivity index (χ1v) is 7.37. The third kappa shape index (κ3) is 4.28. The molecule has 1 fully saturated rings. The number of rotatable bonds is 3. The van der Waals surface area contributed by atoms with Gasteiger partial charge < -0.3 is 9.84 Å². The van der Waals surface area contributed by atoms with Gasteiger partial charge in [0.15, 0.2) is 0 Å². The number of morpholine rings is 1. The fraction of sp³-hybridized carbons (Fsp3) is 0.529. The summed E-state index contributed by atoms with van der Waals surface area (Å²) in [5, 5.41) is 8.66. The van der Waals surface area contributed by atoms with Crippen LogP contribution in [0.3, 0.4) is 0 Å². The number of aliphatic hydroxyl groups is 1. The zero-order valence-electron chi connectivity index (χ0n) is 12.6. The number of hydrogen-bond acceptors (Lipinski definition) is 3. The maximum absolute atomic E-state index is 14.2. The summed E-state index contributed by atoms with van der Waals surface area (Å²) < 4.78 is 19.8. The van der Waals surface area contributed by atoms with Crippen LogP contribution >= 0.6 is 0 Å². The summed E-state index contributed by atoms with van der Waals surface area (Å²) >= 11 is 0. The van der Waals surface area contributed by atoms with Gasteiger partial charge in [-0.25, -0.2) is 4.39 Å². The second kappa shape index (κ2) is 7.56. The molecule has 2 unspecified atom stereocenters. The molecule has 3 nitrogen and oxygen atoms in total. The predicted molar refractivity (Wildman–Crippen MR) is 80.3 cm³/mol. The fourth-order valence-electron chi connectivity index (χ4n) is 2.60. The van der Waals surface area contributed by atoms with E-state index in [-0.39, 0.29) is 18.5 Å². The van der Waals surface area contributed by atoms with Crippen molar-refractivity contribution in [3.8, 4) is 11.8 Å². The lowest BCUT2D eigenvalue weighted by molar-refractivity contribution is -0.0595. The SMILES string of the molecule is CCC1COC(C)CN1Cc1ccc(C#CCO)cc1F. The van der Waals surface area contributed by atoms with Crippen molar-refractivity contribution in [3.05, 3.63) is 35.1 Å². The van der Waals surface area contributed by atoms with Crippen molar-refractivity contribution in [1.82, 2.24) is 4.90 Å². The number of hydrogen-bond donors (Lipinski definition) is 1. The Morgan fingerprint density at radius 3 is 2.95 bits per heavy atom. The lowest BCUT2D eigenvalue weighted by Crippen LogP contribution is -2.48. The van der Waals surface area contributed by atoms with Crippen molar-refractivity contribution in [2.75, 3.05) is 19.8 Å². The standard InChI is InChI=1S/C17H22FNO2/c1-3-16-12-21-13(2)10-19(16)11-15-7-6-14(5-4-8-20)9-17(15)18/h6-7,9,13,16,20H,3,8,10-12H2,1-2H3. The molecule has 0 amide bonds. The van der Waals surface area contributed by atoms with Gasteiger partial charge in [0.2, 0.25) is 0 Å². The van der Waals surface area contributed by atoms with E-state index in [0.717, 1.165) is 13.0 Å². The maximum Gasteiger partial charge on any atom is 0.128 e. The molecule has 1 heterocycles. The summed E-state index contributed by atoms with van der Waals surface area (Å²) in [5.74, 6) is 5.00. The zero-order valence-corrected chi connectivity index (χ0v) is 12.6. The van der Waals surface area contributed by atoms with Crippen LogP contribution in [0.4, 0.5) is 4.39 Å². The number of nitrogens with zero attached hydrogens (tertiary/aromatic N) is 1. The van der Waals surface area contributed by atoms with Gasteiger partial charge >= 0.3 is 0 Å². The van der Waals surface area contributed by atoms with E-state index in [0.29, 0.717) is 30.3 Å². The molecule has 21 heavy (non-hydrogen) atoms. The van der Waals surface area contributed by atoms with Gasteiger partial charge in [-0.3, -0.25) is 4.90 Å². The summed E-state index contributed by atoms with van der Waals surface area (Å²) in [6, 6.07) is 5.35. The van der Waals surface area contributed by atoms with Crippen LogP contribution < -0.4 is 0 Å². The smallest absolute Gasteiger partial charge is 0.128 e. The third-order valence-electron chi connectivity index (χ3n) is 3.79. The molecule has 1 aliphatic heterocycles. The molecule has 1 aliphatic rings. The van der Waals surface area contributed by atoms with E-state index < -0.39 is 0 Å². The van der Waals surface area contributed by atoms with Gasteiger partial charge in [-0.05, 0) is 25.5 Å². The van der Waals surface area contributed by atoms with E-state index in [2.05, 4.69) is 23.7 Å². The molecule has 0 bridgehead atoms. The van der Waals surface area contributed by atoms with E-state index in [1.165, 1.54) is 6.07 Å². The van der Waals surface area contributed by atoms with Crippen LogP contribution in [0.1, 0.15) is 31.4 Å². The monoisotopic (exact) mass is 291 g/mol. The Morgan fingerprint density at radius 1 is 1.48 bits per heavy atom. The highest BCUT2D eigenvalue weighted by Gasteiger charge is 2.26. The van der Waals surface area contributed by atoms with Crippen molar-refractivity contribution in [3.63, 3.8) is 0 Å². The molecule has 0 saturated carbocycles. The average Bonchev–Trinajstić information content (AvgIpc) is 2.48. The lowest BCUT2D eigenvalue weighted by atomic mass is 10.1. The van der Waals surface area contributed by atoms with Crippen molar-refractivity contribution in [2.24, 2.45) is 0 Å². The van der Waals surface area contributed by atoms with Gasteiger partial charge in [0.1, 0.15) is 12.4 Å². The summed E-state index contributed by atoms with van der Waals surface area (Å²) in [4.78, 5) is 2.28. The van der Waals surface area contributed by atoms with Crippen LogP contribution in [0.5, 0.6) is 0 Å². The molecule has 1 N–H and O–H groups in total. The molecule has 0 aliphatic carbocycles. The normalized spacial score (nSPS) is 22.7. The van der Waals surface area contributed by atoms with Crippen LogP contribution in [0, 0.1) is 17.7 Å². The first kappa shape index (κ1) is 16.0. The first-order chi connectivity index (χ1) is 10.1. The molecule has 0 radical (unpaired) electrons. The third-order valence-corrected chi connectivity index (χ3v) is 3.79. The Balaban J connectivity index is 2.11. The average molecular weight is 291 g/mol. The van der Waals surface area contributed by atoms with E-state index in [1.807, 2.05) is 6.92 Å². The van der Waals surface area contributed by atoms with Crippen molar-refractivity contribution >= 4 is 0 Å². The minimum Gasteiger partial charge on any atom is -0.384 e. The Bertz CT molecular complexity index is 535. The highest BCUT2D eigenvalue weighted by Crippen LogP contribution is 2.19. The van der Waals surface area contributed by atoms with Gasteiger partial charge in [0.25, 0.3) is 0 Å². The Morgan fingerprint density at radius 2 is 2.29 bits per heavy atom. The highest BCUT2D eigenvalue weighted by molar-refractivity contribution is 5.37. The summed E-state index contributed by atoms with van der Waals surface area (Å²) in [6.45, 7) is 6.08. The van der Waals surface area contributed by atoms with Gasteiger partial charge in [0, 0.05) is 30.3 Å². The Hall–Kier alpha value is -1.41. The molecule has 0 aromatic heterocycles. The fourth-order valence-corrected chi connectivity index (χ4v) is 2.60. The molecular weight excluding hydrogens is 269 g/mol. The van der Waals surface area contributed by atoms with E-state index in [1.54, 1.807) is 12.1 Å². The van der Waals surface area contributed by atoms with Crippen LogP contribution in [-0.2, 0) is 11.3 Å². The molecular formula is C17H22FNO2. The number of aliphatic hydroxyl groups excluding tert-OH is 1. The first-order valence-electron chi connectivity index (χ1n) is 7.37. The number of benzene rings is 1. The molecule has 1 aromatic rings. The maximum atomic E-state index is 14.2. The molecule has 2 rings (SSSR count). The van der Waals surface area contributed by atoms with Crippen molar-refractivity contribution in [2.45, 2.75) is 39.0 Å². The summed E-state index contributed by atoms with van der Waals surface area (Å²) in [5.41, 5.74) is 1.27. The van der Waals surface area contributed by atoms with Crippen LogP contribution in [0.15, 0.2) is 18.2 Å². The predicted octanol–water partition coefficient (Wildman–Crippen LogP) is 2.17. The minimum absolute atomic E-state index is 0.186. The van der Waals surface area contributed by atoms with Gasteiger partial charge in [0.05, 0.1) is 12.7 Å². The number of ether oxygens (including phenoxy) is 1. The van der Waals surface area contributed by atoms with Gasteiger partial charge in [-0.1, -0.05) is 24.8 Å². The van der Waals surface area contributed by atoms with Gasteiger partial charge in [-0.2, -0.15) is 0 Å². The van der Waals surface area contributed by atoms with E-state index >= 15 is 0 Å². The lowest BCUT2D eigenvalue weighted by Gasteiger charge is -2.38. The van der Waals surface area contributed by atoms with E-state index in [9.17, 15) is 4.39 Å². The minimum atomic E-state index is -0.242. The topological polar surface area (TPSA) is 32.7 Å². The second-order valence-electron chi connectivity index (χ2n) is 5.40. The summed E-state index contributed by atoms with van der Waals surface area (Å²) in [6.07, 6.45) is 1.18. The molecule has 114 valence electrons.